The summed E-state index contributed by atoms with van der Waals surface area (Å²) in [6, 6.07) is 10.9. The van der Waals surface area contributed by atoms with E-state index < -0.39 is 0 Å². The van der Waals surface area contributed by atoms with Crippen molar-refractivity contribution in [2.24, 2.45) is 5.73 Å². The number of hydrogen-bond acceptors (Lipinski definition) is 2. The Bertz CT molecular complexity index is 557. The molecule has 0 spiro atoms. The lowest BCUT2D eigenvalue weighted by atomic mass is 9.93. The molecule has 1 aromatic carbocycles. The summed E-state index contributed by atoms with van der Waals surface area (Å²) in [6.07, 6.45) is 1.94. The van der Waals surface area contributed by atoms with E-state index in [2.05, 4.69) is 60.9 Å². The van der Waals surface area contributed by atoms with Crippen LogP contribution in [0.3, 0.4) is 0 Å². The molecule has 0 radical (unpaired) electrons. The van der Waals surface area contributed by atoms with E-state index in [1.807, 2.05) is 0 Å². The van der Waals surface area contributed by atoms with Gasteiger partial charge in [-0.2, -0.15) is 5.10 Å². The van der Waals surface area contributed by atoms with Crippen LogP contribution in [0.4, 0.5) is 0 Å². The van der Waals surface area contributed by atoms with E-state index in [4.69, 9.17) is 5.73 Å². The lowest BCUT2D eigenvalue weighted by Crippen LogP contribution is -2.17. The average Bonchev–Trinajstić information content (AvgIpc) is 2.87. The molecule has 1 heterocycles. The maximum absolute atomic E-state index is 6.00. The van der Waals surface area contributed by atoms with Crippen LogP contribution in [0.5, 0.6) is 0 Å². The number of rotatable bonds is 6. The first-order chi connectivity index (χ1) is 9.67. The Labute approximate surface area is 121 Å². The minimum atomic E-state index is 0.363. The third-order valence-electron chi connectivity index (χ3n) is 3.83. The molecule has 0 aliphatic rings. The van der Waals surface area contributed by atoms with Crippen LogP contribution >= 0.6 is 0 Å². The first-order valence-corrected chi connectivity index (χ1v) is 7.50. The van der Waals surface area contributed by atoms with Crippen molar-refractivity contribution < 1.29 is 0 Å². The van der Waals surface area contributed by atoms with Crippen LogP contribution in [0.1, 0.15) is 42.3 Å². The van der Waals surface area contributed by atoms with Crippen molar-refractivity contribution in [2.45, 2.75) is 46.1 Å². The van der Waals surface area contributed by atoms with Crippen molar-refractivity contribution >= 4 is 0 Å². The lowest BCUT2D eigenvalue weighted by Gasteiger charge is -2.16. The zero-order chi connectivity index (χ0) is 14.5. The molecule has 0 fully saturated rings. The quantitative estimate of drug-likeness (QED) is 0.877. The minimum absolute atomic E-state index is 0.363. The molecule has 0 amide bonds. The highest BCUT2D eigenvalue weighted by Gasteiger charge is 2.14. The summed E-state index contributed by atoms with van der Waals surface area (Å²) in [6.45, 7) is 8.00. The number of nitrogens with two attached hydrogens (primary N) is 1. The maximum atomic E-state index is 6.00. The Balaban J connectivity index is 2.24. The van der Waals surface area contributed by atoms with Crippen LogP contribution in [0.25, 0.3) is 0 Å². The van der Waals surface area contributed by atoms with Gasteiger partial charge in [-0.1, -0.05) is 36.8 Å². The van der Waals surface area contributed by atoms with E-state index in [1.165, 1.54) is 22.5 Å². The molecule has 0 aliphatic heterocycles. The molecule has 2 aromatic rings. The van der Waals surface area contributed by atoms with Gasteiger partial charge in [-0.25, -0.2) is 0 Å². The van der Waals surface area contributed by atoms with E-state index >= 15 is 0 Å². The smallest absolute Gasteiger partial charge is 0.0624 e. The molecule has 1 unspecified atom stereocenters. The zero-order valence-electron chi connectivity index (χ0n) is 12.8. The molecular formula is C17H25N3. The fraction of sp³-hybridized carbons (Fsp3) is 0.471. The van der Waals surface area contributed by atoms with Gasteiger partial charge in [-0.3, -0.25) is 4.68 Å². The SMILES string of the molecule is CCc1cc(CC(CN)c2cccc(C)c2)n(CC)n1. The molecule has 3 nitrogen and oxygen atoms in total. The van der Waals surface area contributed by atoms with Gasteiger partial charge in [0.05, 0.1) is 5.69 Å². The Hall–Kier alpha value is -1.61. The number of hydrogen-bond donors (Lipinski definition) is 1. The standard InChI is InChI=1S/C17H25N3/c1-4-16-11-17(20(5-2)19-16)10-15(12-18)14-8-6-7-13(3)9-14/h6-9,11,15H,4-5,10,12,18H2,1-3H3. The summed E-state index contributed by atoms with van der Waals surface area (Å²) < 4.78 is 2.11. The van der Waals surface area contributed by atoms with E-state index in [1.54, 1.807) is 0 Å². The fourth-order valence-electron chi connectivity index (χ4n) is 2.64. The predicted octanol–water partition coefficient (Wildman–Crippen LogP) is 3.06. The summed E-state index contributed by atoms with van der Waals surface area (Å²) in [7, 11) is 0. The van der Waals surface area contributed by atoms with Crippen molar-refractivity contribution in [2.75, 3.05) is 6.54 Å². The summed E-state index contributed by atoms with van der Waals surface area (Å²) in [5.41, 5.74) is 11.1. The molecule has 2 N–H and O–H groups in total. The second-order valence-electron chi connectivity index (χ2n) is 5.35. The van der Waals surface area contributed by atoms with Crippen molar-refractivity contribution in [3.63, 3.8) is 0 Å². The van der Waals surface area contributed by atoms with Gasteiger partial charge in [0.2, 0.25) is 0 Å². The van der Waals surface area contributed by atoms with E-state index in [0.29, 0.717) is 12.5 Å². The third-order valence-corrected chi connectivity index (χ3v) is 3.83. The van der Waals surface area contributed by atoms with Gasteiger partial charge in [0.1, 0.15) is 0 Å². The Morgan fingerprint density at radius 3 is 2.65 bits per heavy atom. The van der Waals surface area contributed by atoms with Crippen LogP contribution < -0.4 is 5.73 Å². The van der Waals surface area contributed by atoms with Gasteiger partial charge >= 0.3 is 0 Å². The van der Waals surface area contributed by atoms with Gasteiger partial charge in [0.25, 0.3) is 0 Å². The van der Waals surface area contributed by atoms with Gasteiger partial charge in [0.15, 0.2) is 0 Å². The lowest BCUT2D eigenvalue weighted by molar-refractivity contribution is 0.581. The normalized spacial score (nSPS) is 12.6. The summed E-state index contributed by atoms with van der Waals surface area (Å²) in [4.78, 5) is 0. The number of aryl methyl sites for hydroxylation is 3. The number of benzene rings is 1. The maximum Gasteiger partial charge on any atom is 0.0624 e. The van der Waals surface area contributed by atoms with Crippen LogP contribution in [-0.4, -0.2) is 16.3 Å². The molecule has 0 bridgehead atoms. The largest absolute Gasteiger partial charge is 0.330 e. The molecule has 1 aromatic heterocycles. The molecule has 0 aliphatic carbocycles. The topological polar surface area (TPSA) is 43.8 Å². The summed E-state index contributed by atoms with van der Waals surface area (Å²) in [5, 5.41) is 4.62. The zero-order valence-corrected chi connectivity index (χ0v) is 12.8. The van der Waals surface area contributed by atoms with Crippen LogP contribution in [0.15, 0.2) is 30.3 Å². The van der Waals surface area contributed by atoms with Gasteiger partial charge in [0, 0.05) is 18.2 Å². The second-order valence-corrected chi connectivity index (χ2v) is 5.35. The molecule has 1 atom stereocenters. The van der Waals surface area contributed by atoms with Gasteiger partial charge in [-0.05, 0) is 44.9 Å². The highest BCUT2D eigenvalue weighted by atomic mass is 15.3. The number of nitrogens with zero attached hydrogens (tertiary/aromatic N) is 2. The average molecular weight is 271 g/mol. The molecule has 2 rings (SSSR count). The summed E-state index contributed by atoms with van der Waals surface area (Å²) >= 11 is 0. The van der Waals surface area contributed by atoms with Crippen LogP contribution in [0, 0.1) is 6.92 Å². The van der Waals surface area contributed by atoms with Gasteiger partial charge < -0.3 is 5.73 Å². The first-order valence-electron chi connectivity index (χ1n) is 7.50. The highest BCUT2D eigenvalue weighted by molar-refractivity contribution is 5.27. The Morgan fingerprint density at radius 2 is 2.05 bits per heavy atom. The second kappa shape index (κ2) is 6.71. The highest BCUT2D eigenvalue weighted by Crippen LogP contribution is 2.21. The van der Waals surface area contributed by atoms with Crippen molar-refractivity contribution in [1.82, 2.24) is 9.78 Å². The monoisotopic (exact) mass is 271 g/mol. The van der Waals surface area contributed by atoms with Crippen molar-refractivity contribution in [1.29, 1.82) is 0 Å². The third kappa shape index (κ3) is 3.28. The van der Waals surface area contributed by atoms with Gasteiger partial charge in [-0.15, -0.1) is 0 Å². The van der Waals surface area contributed by atoms with Crippen molar-refractivity contribution in [3.8, 4) is 0 Å². The molecule has 3 heteroatoms. The Kier molecular flexibility index (Phi) is 4.96. The molecule has 20 heavy (non-hydrogen) atoms. The molecular weight excluding hydrogens is 246 g/mol. The van der Waals surface area contributed by atoms with Crippen molar-refractivity contribution in [3.05, 3.63) is 52.8 Å². The molecule has 0 saturated carbocycles. The fourth-order valence-corrected chi connectivity index (χ4v) is 2.64. The predicted molar refractivity (Wildman–Crippen MR) is 84.0 cm³/mol. The van der Waals surface area contributed by atoms with E-state index in [-0.39, 0.29) is 0 Å². The first kappa shape index (κ1) is 14.8. The van der Waals surface area contributed by atoms with E-state index in [9.17, 15) is 0 Å². The molecule has 0 saturated heterocycles. The Morgan fingerprint density at radius 1 is 1.25 bits per heavy atom. The minimum Gasteiger partial charge on any atom is -0.330 e. The van der Waals surface area contributed by atoms with E-state index in [0.717, 1.165) is 19.4 Å². The van der Waals surface area contributed by atoms with Crippen LogP contribution in [0.2, 0.25) is 0 Å². The molecule has 108 valence electrons. The van der Waals surface area contributed by atoms with Crippen LogP contribution in [-0.2, 0) is 19.4 Å². The number of aromatic nitrogens is 2. The summed E-state index contributed by atoms with van der Waals surface area (Å²) in [5.74, 6) is 0.363.